The third-order valence-electron chi connectivity index (χ3n) is 1.52. The van der Waals surface area contributed by atoms with E-state index in [-0.39, 0.29) is 0 Å². The summed E-state index contributed by atoms with van der Waals surface area (Å²) in [5.74, 6) is 2.55. The van der Waals surface area contributed by atoms with Crippen LogP contribution >= 0.6 is 27.5 Å². The van der Waals surface area contributed by atoms with Gasteiger partial charge < -0.3 is 5.32 Å². The van der Waals surface area contributed by atoms with E-state index in [0.29, 0.717) is 11.4 Å². The van der Waals surface area contributed by atoms with Crippen LogP contribution in [0.2, 0.25) is 5.02 Å². The fourth-order valence-electron chi connectivity index (χ4n) is 0.902. The van der Waals surface area contributed by atoms with Gasteiger partial charge in [0.05, 0.1) is 10.7 Å². The Morgan fingerprint density at radius 1 is 1.54 bits per heavy atom. The predicted molar refractivity (Wildman–Crippen MR) is 61.1 cm³/mol. The van der Waals surface area contributed by atoms with Crippen molar-refractivity contribution >= 4 is 33.2 Å². The summed E-state index contributed by atoms with van der Waals surface area (Å²) in [5.41, 5.74) is 0.917. The molecule has 0 saturated carbocycles. The third-order valence-corrected chi connectivity index (χ3v) is 2.32. The first-order chi connectivity index (χ1) is 6.24. The van der Waals surface area contributed by atoms with Crippen molar-refractivity contribution in [3.8, 4) is 12.3 Å². The van der Waals surface area contributed by atoms with E-state index in [2.05, 4.69) is 27.2 Å². The Morgan fingerprint density at radius 2 is 2.31 bits per heavy atom. The summed E-state index contributed by atoms with van der Waals surface area (Å²) in [5, 5.41) is 3.85. The molecule has 1 nitrogen and oxygen atoms in total. The number of terminal acetylenes is 1. The molecule has 0 heterocycles. The lowest BCUT2D eigenvalue weighted by atomic mass is 10.3. The quantitative estimate of drug-likeness (QED) is 0.646. The van der Waals surface area contributed by atoms with Crippen LogP contribution in [0.5, 0.6) is 0 Å². The van der Waals surface area contributed by atoms with Crippen LogP contribution in [0.1, 0.15) is 6.42 Å². The second-order valence-electron chi connectivity index (χ2n) is 2.51. The maximum absolute atomic E-state index is 5.96. The molecule has 0 amide bonds. The topological polar surface area (TPSA) is 12.0 Å². The van der Waals surface area contributed by atoms with E-state index in [1.54, 1.807) is 0 Å². The van der Waals surface area contributed by atoms with Crippen molar-refractivity contribution in [1.29, 1.82) is 0 Å². The Kier molecular flexibility index (Phi) is 4.14. The zero-order valence-corrected chi connectivity index (χ0v) is 9.32. The number of anilines is 1. The highest BCUT2D eigenvalue weighted by molar-refractivity contribution is 9.10. The van der Waals surface area contributed by atoms with Crippen LogP contribution in [0.3, 0.4) is 0 Å². The van der Waals surface area contributed by atoms with E-state index in [1.165, 1.54) is 0 Å². The smallest absolute Gasteiger partial charge is 0.0648 e. The molecular weight excluding hydrogens is 249 g/mol. The number of halogens is 2. The zero-order chi connectivity index (χ0) is 9.68. The lowest BCUT2D eigenvalue weighted by molar-refractivity contribution is 1.10. The first-order valence-electron chi connectivity index (χ1n) is 3.86. The highest BCUT2D eigenvalue weighted by Gasteiger charge is 1.98. The van der Waals surface area contributed by atoms with Gasteiger partial charge >= 0.3 is 0 Å². The van der Waals surface area contributed by atoms with E-state index < -0.39 is 0 Å². The normalized spacial score (nSPS) is 9.31. The summed E-state index contributed by atoms with van der Waals surface area (Å²) in [7, 11) is 0. The van der Waals surface area contributed by atoms with Crippen LogP contribution in [0.25, 0.3) is 0 Å². The van der Waals surface area contributed by atoms with Crippen molar-refractivity contribution in [3.05, 3.63) is 27.7 Å². The molecule has 0 atom stereocenters. The largest absolute Gasteiger partial charge is 0.383 e. The minimum absolute atomic E-state index is 0.700. The molecule has 0 aliphatic rings. The summed E-state index contributed by atoms with van der Waals surface area (Å²) in [6.45, 7) is 0.748. The maximum atomic E-state index is 5.96. The Hall–Kier alpha value is -0.650. The Morgan fingerprint density at radius 3 is 2.92 bits per heavy atom. The monoisotopic (exact) mass is 257 g/mol. The van der Waals surface area contributed by atoms with Gasteiger partial charge in [0.15, 0.2) is 0 Å². The molecule has 1 aromatic carbocycles. The van der Waals surface area contributed by atoms with Crippen LogP contribution in [0.15, 0.2) is 22.7 Å². The highest BCUT2D eigenvalue weighted by atomic mass is 79.9. The van der Waals surface area contributed by atoms with Crippen molar-refractivity contribution in [2.75, 3.05) is 11.9 Å². The molecule has 68 valence electrons. The van der Waals surface area contributed by atoms with Crippen LogP contribution in [-0.2, 0) is 0 Å². The van der Waals surface area contributed by atoms with Gasteiger partial charge in [0.25, 0.3) is 0 Å². The Labute approximate surface area is 91.6 Å². The Bertz CT molecular complexity index is 330. The van der Waals surface area contributed by atoms with Crippen molar-refractivity contribution in [1.82, 2.24) is 0 Å². The average Bonchev–Trinajstić information content (AvgIpc) is 2.09. The van der Waals surface area contributed by atoms with Gasteiger partial charge in [0.2, 0.25) is 0 Å². The Balaban J connectivity index is 2.62. The van der Waals surface area contributed by atoms with Gasteiger partial charge in [-0.25, -0.2) is 0 Å². The molecule has 0 aliphatic heterocycles. The summed E-state index contributed by atoms with van der Waals surface area (Å²) >= 11 is 9.30. The zero-order valence-electron chi connectivity index (χ0n) is 6.98. The lowest BCUT2D eigenvalue weighted by Crippen LogP contribution is -2.00. The molecule has 1 aromatic rings. The third kappa shape index (κ3) is 3.30. The van der Waals surface area contributed by atoms with E-state index in [4.69, 9.17) is 18.0 Å². The van der Waals surface area contributed by atoms with E-state index in [1.807, 2.05) is 18.2 Å². The average molecular weight is 259 g/mol. The first kappa shape index (κ1) is 10.4. The van der Waals surface area contributed by atoms with E-state index >= 15 is 0 Å². The molecule has 0 radical (unpaired) electrons. The molecule has 0 aromatic heterocycles. The number of rotatable bonds is 3. The first-order valence-corrected chi connectivity index (χ1v) is 5.03. The minimum Gasteiger partial charge on any atom is -0.383 e. The van der Waals surface area contributed by atoms with Crippen molar-refractivity contribution in [2.24, 2.45) is 0 Å². The molecule has 0 spiro atoms. The molecule has 0 aliphatic carbocycles. The van der Waals surface area contributed by atoms with Crippen molar-refractivity contribution in [3.63, 3.8) is 0 Å². The second kappa shape index (κ2) is 5.16. The molecule has 1 N–H and O–H groups in total. The number of hydrogen-bond donors (Lipinski definition) is 1. The summed E-state index contributed by atoms with van der Waals surface area (Å²) < 4.78 is 0.972. The SMILES string of the molecule is C#CCCNc1ccc(Br)cc1Cl. The van der Waals surface area contributed by atoms with Gasteiger partial charge in [-0.1, -0.05) is 27.5 Å². The van der Waals surface area contributed by atoms with Crippen molar-refractivity contribution < 1.29 is 0 Å². The standard InChI is InChI=1S/C10H9BrClN/c1-2-3-6-13-10-5-4-8(11)7-9(10)12/h1,4-5,7,13H,3,6H2. The van der Waals surface area contributed by atoms with E-state index in [0.717, 1.165) is 16.7 Å². The minimum atomic E-state index is 0.700. The van der Waals surface area contributed by atoms with Gasteiger partial charge in [-0.3, -0.25) is 0 Å². The number of nitrogens with one attached hydrogen (secondary N) is 1. The van der Waals surface area contributed by atoms with Crippen molar-refractivity contribution in [2.45, 2.75) is 6.42 Å². The van der Waals surface area contributed by atoms with Gasteiger partial charge in [0.1, 0.15) is 0 Å². The predicted octanol–water partition coefficient (Wildman–Crippen LogP) is 3.54. The van der Waals surface area contributed by atoms with E-state index in [9.17, 15) is 0 Å². The molecule has 0 fully saturated rings. The second-order valence-corrected chi connectivity index (χ2v) is 3.83. The van der Waals surface area contributed by atoms with Crippen LogP contribution in [-0.4, -0.2) is 6.54 Å². The number of benzene rings is 1. The highest BCUT2D eigenvalue weighted by Crippen LogP contribution is 2.25. The van der Waals surface area contributed by atoms with Crippen LogP contribution < -0.4 is 5.32 Å². The summed E-state index contributed by atoms with van der Waals surface area (Å²) in [6, 6.07) is 5.70. The molecule has 13 heavy (non-hydrogen) atoms. The van der Waals surface area contributed by atoms with Gasteiger partial charge in [0, 0.05) is 17.4 Å². The fourth-order valence-corrected chi connectivity index (χ4v) is 1.64. The fraction of sp³-hybridized carbons (Fsp3) is 0.200. The van der Waals surface area contributed by atoms with Crippen LogP contribution in [0.4, 0.5) is 5.69 Å². The van der Waals surface area contributed by atoms with Gasteiger partial charge in [-0.15, -0.1) is 12.3 Å². The molecule has 3 heteroatoms. The summed E-state index contributed by atoms with van der Waals surface area (Å²) in [6.07, 6.45) is 5.83. The molecule has 1 rings (SSSR count). The summed E-state index contributed by atoms with van der Waals surface area (Å²) in [4.78, 5) is 0. The van der Waals surface area contributed by atoms with Gasteiger partial charge in [-0.05, 0) is 18.2 Å². The van der Waals surface area contributed by atoms with Gasteiger partial charge in [-0.2, -0.15) is 0 Å². The molecular formula is C10H9BrClN. The molecule has 0 unspecified atom stereocenters. The van der Waals surface area contributed by atoms with Crippen LogP contribution in [0, 0.1) is 12.3 Å². The molecule has 0 saturated heterocycles. The number of hydrogen-bond acceptors (Lipinski definition) is 1. The lowest BCUT2D eigenvalue weighted by Gasteiger charge is -2.06. The molecule has 0 bridgehead atoms. The maximum Gasteiger partial charge on any atom is 0.0648 e.